The molecule has 2 nitrogen and oxygen atoms in total. The quantitative estimate of drug-likeness (QED) is 0.310. The van der Waals surface area contributed by atoms with Crippen molar-refractivity contribution in [1.29, 1.82) is 0 Å². The number of allylic oxidation sites excluding steroid dienone is 8. The van der Waals surface area contributed by atoms with Crippen molar-refractivity contribution in [1.82, 2.24) is 0 Å². The second kappa shape index (κ2) is 10.4. The molecule has 0 amide bonds. The van der Waals surface area contributed by atoms with Gasteiger partial charge in [0.05, 0.1) is 11.4 Å². The fourth-order valence-corrected chi connectivity index (χ4v) is 5.32. The molecule has 2 heteroatoms. The van der Waals surface area contributed by atoms with Gasteiger partial charge in [-0.15, -0.1) is 0 Å². The highest BCUT2D eigenvalue weighted by Crippen LogP contribution is 2.44. The first-order chi connectivity index (χ1) is 14.0. The lowest BCUT2D eigenvalue weighted by Gasteiger charge is -2.39. The van der Waals surface area contributed by atoms with E-state index in [2.05, 4.69) is 64.2 Å². The first-order valence-electron chi connectivity index (χ1n) is 11.9. The predicted octanol–water partition coefficient (Wildman–Crippen LogP) is 7.99. The maximum Gasteiger partial charge on any atom is 0.0698 e. The Morgan fingerprint density at radius 3 is 2.48 bits per heavy atom. The molecule has 0 bridgehead atoms. The van der Waals surface area contributed by atoms with Crippen molar-refractivity contribution in [3.63, 3.8) is 0 Å². The molecule has 1 heterocycles. The van der Waals surface area contributed by atoms with Gasteiger partial charge < -0.3 is 0 Å². The molecule has 0 aromatic heterocycles. The monoisotopic (exact) mass is 392 g/mol. The fraction of sp³-hybridized carbons (Fsp3) is 0.630. The SMILES string of the molecule is CCCCCC(C)C1C(C2=CCC=CCC2)=NN=C(C2=CCC=CC2)CC1(C)C. The summed E-state index contributed by atoms with van der Waals surface area (Å²) in [6, 6.07) is 0. The maximum absolute atomic E-state index is 5.02. The van der Waals surface area contributed by atoms with Gasteiger partial charge in [0.15, 0.2) is 0 Å². The van der Waals surface area contributed by atoms with E-state index in [1.54, 1.807) is 0 Å². The number of hydrogen-bond acceptors (Lipinski definition) is 2. The van der Waals surface area contributed by atoms with E-state index >= 15 is 0 Å². The van der Waals surface area contributed by atoms with Crippen molar-refractivity contribution < 1.29 is 0 Å². The molecule has 29 heavy (non-hydrogen) atoms. The molecule has 2 atom stereocenters. The van der Waals surface area contributed by atoms with Crippen LogP contribution in [0.5, 0.6) is 0 Å². The normalized spacial score (nSPS) is 25.3. The van der Waals surface area contributed by atoms with Gasteiger partial charge in [-0.25, -0.2) is 0 Å². The van der Waals surface area contributed by atoms with E-state index in [1.165, 1.54) is 48.3 Å². The Hall–Kier alpha value is -1.70. The minimum absolute atomic E-state index is 0.155. The van der Waals surface area contributed by atoms with Gasteiger partial charge in [-0.05, 0) is 61.0 Å². The average molecular weight is 393 g/mol. The van der Waals surface area contributed by atoms with Crippen molar-refractivity contribution in [3.05, 3.63) is 47.6 Å². The summed E-state index contributed by atoms with van der Waals surface area (Å²) in [6.45, 7) is 9.67. The highest BCUT2D eigenvalue weighted by Gasteiger charge is 2.41. The largest absolute Gasteiger partial charge is 0.155 e. The first-order valence-corrected chi connectivity index (χ1v) is 11.9. The highest BCUT2D eigenvalue weighted by molar-refractivity contribution is 6.07. The van der Waals surface area contributed by atoms with Crippen LogP contribution in [0, 0.1) is 17.3 Å². The summed E-state index contributed by atoms with van der Waals surface area (Å²) in [4.78, 5) is 0. The lowest BCUT2D eigenvalue weighted by molar-refractivity contribution is 0.211. The van der Waals surface area contributed by atoms with Crippen LogP contribution < -0.4 is 0 Å². The predicted molar refractivity (Wildman–Crippen MR) is 128 cm³/mol. The topological polar surface area (TPSA) is 24.7 Å². The Kier molecular flexibility index (Phi) is 7.86. The summed E-state index contributed by atoms with van der Waals surface area (Å²) < 4.78 is 0. The number of hydrogen-bond donors (Lipinski definition) is 0. The Bertz CT molecular complexity index is 742. The van der Waals surface area contributed by atoms with Gasteiger partial charge in [0.25, 0.3) is 0 Å². The summed E-state index contributed by atoms with van der Waals surface area (Å²) in [5, 5.41) is 9.92. The van der Waals surface area contributed by atoms with Gasteiger partial charge in [0.1, 0.15) is 0 Å². The standard InChI is InChI=1S/C27H40N2/c1-5-6-10-15-21(2)25-26(23-18-11-7-8-12-19-23)29-28-24(20-27(25,3)4)22-16-13-9-14-17-22/h7-9,13,17-18,21,25H,5-6,10-12,14-16,19-20H2,1-4H3. The van der Waals surface area contributed by atoms with E-state index in [9.17, 15) is 0 Å². The van der Waals surface area contributed by atoms with Crippen LogP contribution in [0.1, 0.15) is 91.9 Å². The second-order valence-corrected chi connectivity index (χ2v) is 9.76. The molecule has 0 N–H and O–H groups in total. The third-order valence-corrected chi connectivity index (χ3v) is 6.82. The smallest absolute Gasteiger partial charge is 0.0698 e. The zero-order valence-corrected chi connectivity index (χ0v) is 19.1. The molecule has 0 radical (unpaired) electrons. The number of nitrogens with zero attached hydrogens (tertiary/aromatic N) is 2. The van der Waals surface area contributed by atoms with E-state index < -0.39 is 0 Å². The van der Waals surface area contributed by atoms with Gasteiger partial charge in [-0.1, -0.05) is 89.8 Å². The Balaban J connectivity index is 1.95. The van der Waals surface area contributed by atoms with Crippen molar-refractivity contribution in [2.24, 2.45) is 27.5 Å². The van der Waals surface area contributed by atoms with E-state index in [1.807, 2.05) is 0 Å². The third kappa shape index (κ3) is 5.68. The van der Waals surface area contributed by atoms with Crippen LogP contribution in [0.4, 0.5) is 0 Å². The van der Waals surface area contributed by atoms with Crippen LogP contribution in [0.3, 0.4) is 0 Å². The molecular formula is C27H40N2. The van der Waals surface area contributed by atoms with E-state index in [-0.39, 0.29) is 5.41 Å². The highest BCUT2D eigenvalue weighted by atomic mass is 15.2. The summed E-state index contributed by atoms with van der Waals surface area (Å²) in [5.74, 6) is 1.09. The van der Waals surface area contributed by atoms with Gasteiger partial charge in [-0.2, -0.15) is 10.2 Å². The number of rotatable bonds is 7. The van der Waals surface area contributed by atoms with Crippen molar-refractivity contribution >= 4 is 11.4 Å². The average Bonchev–Trinajstić information content (AvgIpc) is 3.06. The summed E-state index contributed by atoms with van der Waals surface area (Å²) in [7, 11) is 0. The van der Waals surface area contributed by atoms with Crippen LogP contribution in [0.15, 0.2) is 57.8 Å². The summed E-state index contributed by atoms with van der Waals surface area (Å²) >= 11 is 0. The first kappa shape index (κ1) is 22.0. The van der Waals surface area contributed by atoms with E-state index in [4.69, 9.17) is 10.2 Å². The molecule has 0 saturated heterocycles. The molecule has 3 rings (SSSR count). The Morgan fingerprint density at radius 2 is 1.76 bits per heavy atom. The Labute approximate surface area is 178 Å². The minimum atomic E-state index is 0.155. The zero-order chi connectivity index (χ0) is 20.7. The van der Waals surface area contributed by atoms with Crippen molar-refractivity contribution in [2.75, 3.05) is 0 Å². The molecule has 0 saturated carbocycles. The van der Waals surface area contributed by atoms with Crippen LogP contribution in [0.25, 0.3) is 0 Å². The van der Waals surface area contributed by atoms with Gasteiger partial charge in [0.2, 0.25) is 0 Å². The third-order valence-electron chi connectivity index (χ3n) is 6.82. The van der Waals surface area contributed by atoms with E-state index in [0.29, 0.717) is 11.8 Å². The number of unbranched alkanes of at least 4 members (excludes halogenated alkanes) is 2. The molecule has 3 aliphatic rings. The molecule has 0 aromatic rings. The van der Waals surface area contributed by atoms with Gasteiger partial charge >= 0.3 is 0 Å². The fourth-order valence-electron chi connectivity index (χ4n) is 5.32. The zero-order valence-electron chi connectivity index (χ0n) is 19.1. The molecular weight excluding hydrogens is 352 g/mol. The van der Waals surface area contributed by atoms with Crippen molar-refractivity contribution in [2.45, 2.75) is 91.9 Å². The lowest BCUT2D eigenvalue weighted by atomic mass is 9.64. The molecule has 2 unspecified atom stereocenters. The molecule has 0 spiro atoms. The minimum Gasteiger partial charge on any atom is -0.155 e. The Morgan fingerprint density at radius 1 is 1.00 bits per heavy atom. The molecule has 158 valence electrons. The van der Waals surface area contributed by atoms with Crippen LogP contribution in [-0.4, -0.2) is 11.4 Å². The summed E-state index contributed by atoms with van der Waals surface area (Å²) in [6.07, 6.45) is 25.4. The molecule has 0 fully saturated rings. The van der Waals surface area contributed by atoms with Crippen LogP contribution in [0.2, 0.25) is 0 Å². The lowest BCUT2D eigenvalue weighted by Crippen LogP contribution is -2.37. The van der Waals surface area contributed by atoms with E-state index in [0.717, 1.165) is 38.5 Å². The molecule has 0 aromatic carbocycles. The van der Waals surface area contributed by atoms with Gasteiger partial charge in [-0.3, -0.25) is 0 Å². The van der Waals surface area contributed by atoms with Crippen LogP contribution in [-0.2, 0) is 0 Å². The molecule has 1 aliphatic heterocycles. The summed E-state index contributed by atoms with van der Waals surface area (Å²) in [5.41, 5.74) is 5.48. The van der Waals surface area contributed by atoms with Gasteiger partial charge in [0, 0.05) is 5.92 Å². The second-order valence-electron chi connectivity index (χ2n) is 9.76. The van der Waals surface area contributed by atoms with Crippen molar-refractivity contribution in [3.8, 4) is 0 Å². The maximum atomic E-state index is 5.02. The molecule has 2 aliphatic carbocycles. The van der Waals surface area contributed by atoms with Crippen LogP contribution >= 0.6 is 0 Å².